The van der Waals surface area contributed by atoms with Crippen molar-refractivity contribution in [2.45, 2.75) is 207 Å². The van der Waals surface area contributed by atoms with E-state index in [0.29, 0.717) is 63.1 Å². The van der Waals surface area contributed by atoms with E-state index >= 15 is 0 Å². The van der Waals surface area contributed by atoms with Crippen LogP contribution in [-0.2, 0) is 25.7 Å². The average molecular weight is 1970 g/mol. The number of carbonyl (C=O) groups is 4. The van der Waals surface area contributed by atoms with Crippen LogP contribution in [0.1, 0.15) is 218 Å². The van der Waals surface area contributed by atoms with E-state index in [1.807, 2.05) is 166 Å². The number of hydrogen-bond acceptors (Lipinski definition) is 25. The molecule has 4 saturated heterocycles. The highest BCUT2D eigenvalue weighted by molar-refractivity contribution is 7.19. The van der Waals surface area contributed by atoms with Gasteiger partial charge in [-0.3, -0.25) is 0 Å². The normalized spacial score (nSPS) is 18.5. The molecule has 0 bridgehead atoms. The smallest absolute Gasteiger partial charge is 0.317 e. The van der Waals surface area contributed by atoms with E-state index in [4.69, 9.17) is 18.9 Å². The maximum atomic E-state index is 13.0. The van der Waals surface area contributed by atoms with Crippen LogP contribution in [0.15, 0.2) is 146 Å². The molecule has 8 aromatic carbocycles. The van der Waals surface area contributed by atoms with Gasteiger partial charge in [0.05, 0.1) is 70.8 Å². The molecule has 8 aliphatic rings. The van der Waals surface area contributed by atoms with E-state index in [1.165, 1.54) is 84.3 Å². The van der Waals surface area contributed by atoms with Gasteiger partial charge in [-0.2, -0.15) is 21.0 Å². The predicted octanol–water partition coefficient (Wildman–Crippen LogP) is 21.3. The Morgan fingerprint density at radius 1 is 0.340 bits per heavy atom. The Morgan fingerprint density at radius 3 is 0.837 bits per heavy atom. The number of likely N-dealkylation sites (tertiary alicyclic amines) is 4. The Balaban J connectivity index is 0.000000130. The Hall–Kier alpha value is -13.8. The summed E-state index contributed by atoms with van der Waals surface area (Å²) in [6.07, 6.45) is 12.4. The summed E-state index contributed by atoms with van der Waals surface area (Å²) in [6.45, 7) is 26.5. The van der Waals surface area contributed by atoms with Crippen molar-refractivity contribution in [3.63, 3.8) is 0 Å². The lowest BCUT2D eigenvalue weighted by Gasteiger charge is -2.23. The van der Waals surface area contributed by atoms with E-state index < -0.39 is 0 Å². The third-order valence-electron chi connectivity index (χ3n) is 26.7. The third kappa shape index (κ3) is 22.8. The number of amides is 8. The lowest BCUT2D eigenvalue weighted by atomic mass is 10.0. The summed E-state index contributed by atoms with van der Waals surface area (Å²) < 4.78 is 23.0. The molecule has 7 atom stereocenters. The number of nitrogens with one attached hydrogen (secondary N) is 4. The van der Waals surface area contributed by atoms with E-state index in [1.54, 1.807) is 6.07 Å². The fourth-order valence-corrected chi connectivity index (χ4v) is 23.3. The van der Waals surface area contributed by atoms with Crippen LogP contribution in [0, 0.1) is 57.2 Å². The van der Waals surface area contributed by atoms with Crippen molar-refractivity contribution in [3.05, 3.63) is 212 Å². The van der Waals surface area contributed by atoms with Crippen molar-refractivity contribution in [2.24, 2.45) is 11.8 Å². The van der Waals surface area contributed by atoms with Gasteiger partial charge in [-0.25, -0.2) is 19.2 Å². The molecule has 4 aliphatic heterocycles. The monoisotopic (exact) mass is 1960 g/mol. The minimum atomic E-state index is -0.00909. The predicted molar refractivity (Wildman–Crippen MR) is 549 cm³/mol. The molecule has 141 heavy (non-hydrogen) atoms. The van der Waals surface area contributed by atoms with E-state index in [-0.39, 0.29) is 72.7 Å². The first kappa shape index (κ1) is 98.8. The van der Waals surface area contributed by atoms with Crippen LogP contribution in [0.3, 0.4) is 0 Å². The molecule has 8 heterocycles. The first-order chi connectivity index (χ1) is 68.2. The molecular formula is C108H117N21O8S4. The number of urea groups is 4. The number of rotatable bonds is 21. The molecule has 12 aromatic rings. The second kappa shape index (κ2) is 44.3. The molecule has 20 rings (SSSR count). The number of hydrogen-bond donors (Lipinski definition) is 4. The summed E-state index contributed by atoms with van der Waals surface area (Å²) in [5, 5.41) is 93.3. The van der Waals surface area contributed by atoms with Gasteiger partial charge in [0.25, 0.3) is 0 Å². The van der Waals surface area contributed by atoms with Gasteiger partial charge < -0.3 is 64.7 Å². The van der Waals surface area contributed by atoms with Gasteiger partial charge in [0, 0.05) is 103 Å². The van der Waals surface area contributed by atoms with Crippen LogP contribution in [0.25, 0.3) is 84.6 Å². The Morgan fingerprint density at radius 2 is 0.596 bits per heavy atom. The van der Waals surface area contributed by atoms with Gasteiger partial charge >= 0.3 is 24.1 Å². The molecule has 8 amide bonds. The van der Waals surface area contributed by atoms with Crippen LogP contribution >= 0.6 is 45.3 Å². The summed E-state index contributed by atoms with van der Waals surface area (Å²) in [5.74, 6) is 3.44. The van der Waals surface area contributed by atoms with Crippen LogP contribution in [0.2, 0.25) is 0 Å². The van der Waals surface area contributed by atoms with Gasteiger partial charge in [0.2, 0.25) is 0 Å². The fourth-order valence-electron chi connectivity index (χ4n) is 19.7. The maximum absolute atomic E-state index is 13.0. The molecule has 29 nitrogen and oxygen atoms in total. The minimum Gasteiger partial charge on any atom is -0.490 e. The van der Waals surface area contributed by atoms with Gasteiger partial charge in [-0.05, 0) is 282 Å². The molecule has 4 aliphatic carbocycles. The largest absolute Gasteiger partial charge is 0.490 e. The summed E-state index contributed by atoms with van der Waals surface area (Å²) in [6, 6.07) is 56.6. The molecule has 4 aromatic heterocycles. The van der Waals surface area contributed by atoms with Crippen molar-refractivity contribution in [1.29, 1.82) is 21.0 Å². The molecule has 0 saturated carbocycles. The number of likely N-dealkylation sites (N-methyl/N-ethyl adjacent to an activating group) is 1. The van der Waals surface area contributed by atoms with Crippen LogP contribution in [0.4, 0.5) is 19.2 Å². The Bertz CT molecular complexity index is 6590. The lowest BCUT2D eigenvalue weighted by Crippen LogP contribution is -2.41. The quantitative estimate of drug-likeness (QED) is 0.0519. The Kier molecular flexibility index (Phi) is 31.1. The topological polar surface area (TPSA) is 368 Å². The fraction of sp³-hybridized carbons (Fsp3) is 0.407. The van der Waals surface area contributed by atoms with E-state index in [0.717, 1.165) is 226 Å². The van der Waals surface area contributed by atoms with Crippen LogP contribution in [0.5, 0.6) is 23.0 Å². The first-order valence-electron chi connectivity index (χ1n) is 48.8. The zero-order chi connectivity index (χ0) is 98.8. The third-order valence-corrected chi connectivity index (χ3v) is 30.8. The van der Waals surface area contributed by atoms with Gasteiger partial charge in [-0.15, -0.1) is 40.8 Å². The van der Waals surface area contributed by atoms with Crippen molar-refractivity contribution < 1.29 is 38.1 Å². The van der Waals surface area contributed by atoms with E-state index in [9.17, 15) is 40.2 Å². The highest BCUT2D eigenvalue weighted by atomic mass is 32.1. The number of aromatic nitrogens is 8. The summed E-state index contributed by atoms with van der Waals surface area (Å²) in [7, 11) is 4.14. The lowest BCUT2D eigenvalue weighted by molar-refractivity contribution is 0.199. The highest BCUT2D eigenvalue weighted by Gasteiger charge is 2.38. The molecule has 0 spiro atoms. The number of nitrogens with zero attached hydrogens (tertiary/aromatic N) is 17. The van der Waals surface area contributed by atoms with Crippen molar-refractivity contribution in [3.8, 4) is 132 Å². The number of benzene rings is 8. The minimum absolute atomic E-state index is 0.0000589. The summed E-state index contributed by atoms with van der Waals surface area (Å²) in [5.41, 5.74) is 19.2. The highest BCUT2D eigenvalue weighted by Crippen LogP contribution is 2.47. The van der Waals surface area contributed by atoms with Gasteiger partial charge in [-0.1, -0.05) is 132 Å². The SMILES string of the molecule is CC(C)Oc1ccc(-c2nnc(-c3cccc4c3CC[C@@H]4NC(=O)N3CCCC3)s2)cc1C#N.CC(C)Oc1ccc(-c2nnc(-c3cccc4c3CC[C@@H]4NC(=O)N3CC[C@H](C)C3)s2)cc1C#N.CC(C)Oc1ccc(-c2nnc(-c3cccc4c3CC[C@H]4NC(=O)N3CC[C@@H](N(C)C)C3)s2)cc1C#N.CC(C)Oc1ccc(-c2nnc(-c3cccc4c3CC[C@H]4NC(=O)N3CC[C@H](C)C3)s2)cc1C#N. The second-order valence-corrected chi connectivity index (χ2v) is 42.4. The molecule has 4 N–H and O–H groups in total. The zero-order valence-electron chi connectivity index (χ0n) is 81.6. The molecule has 0 unspecified atom stereocenters. The van der Waals surface area contributed by atoms with Crippen molar-refractivity contribution in [1.82, 2.24) is 86.6 Å². The standard InChI is InChI=1S/C28H32N6O2S.2C27H29N5O2S.C26H27N5O2S/c1-17(2)36-25-11-8-18(14-19(25)15-29)26-31-32-27(37-26)23-7-5-6-22-21(23)9-10-24(22)30-28(35)34-13-12-20(16-34)33(3)4;2*1-16(2)34-24-10-7-18(13-19(24)14-28)25-30-31-26(35-25)22-6-4-5-21-20(22)8-9-23(21)29-27(33)32-12-11-17(3)15-32;1-16(2)33-23-11-8-17(14-18(23)15-27)24-29-30-25(34-24)21-7-5-6-20-19(21)9-10-22(20)28-26(32)31-12-3-4-13-31/h5-8,11,14,17,20,24H,9-10,12-13,16H2,1-4H3,(H,30,35);2*4-7,10,13,16-17,23H,8-9,11-12,15H2,1-3H3,(H,29,33);5-8,11,14,16,22H,3-4,9-10,12-13H2,1-2H3,(H,28,32)/t20-,24-;17-,23+;17-,23-;22-/m1000/s1. The molecule has 726 valence electrons. The summed E-state index contributed by atoms with van der Waals surface area (Å²) in [4.78, 5) is 61.0. The number of ether oxygens (including phenoxy) is 4. The second-order valence-electron chi connectivity index (χ2n) is 38.5. The van der Waals surface area contributed by atoms with Crippen molar-refractivity contribution >= 4 is 69.5 Å². The Labute approximate surface area is 839 Å². The maximum Gasteiger partial charge on any atom is 0.317 e. The number of fused-ring (bicyclic) bond motifs is 4. The van der Waals surface area contributed by atoms with Gasteiger partial charge in [0.15, 0.2) is 0 Å². The number of nitriles is 4. The first-order valence-corrected chi connectivity index (χ1v) is 52.0. The van der Waals surface area contributed by atoms with Crippen LogP contribution in [-0.4, -0.2) is 186 Å². The van der Waals surface area contributed by atoms with Gasteiger partial charge in [0.1, 0.15) is 87.3 Å². The molecule has 0 radical (unpaired) electrons. The molecule has 33 heteroatoms. The zero-order valence-corrected chi connectivity index (χ0v) is 84.8. The summed E-state index contributed by atoms with van der Waals surface area (Å²) >= 11 is 6.04. The molecular weight excluding hydrogens is 1850 g/mol. The average Bonchev–Trinajstić information content (AvgIpc) is 1.64. The van der Waals surface area contributed by atoms with Crippen molar-refractivity contribution in [2.75, 3.05) is 66.5 Å². The number of carbonyl (C=O) groups excluding carboxylic acids is 4. The molecule has 4 fully saturated rings. The van der Waals surface area contributed by atoms with E-state index in [2.05, 4.69) is 168 Å². The van der Waals surface area contributed by atoms with Crippen LogP contribution < -0.4 is 40.2 Å².